The summed E-state index contributed by atoms with van der Waals surface area (Å²) in [7, 11) is 0. The number of ether oxygens (including phenoxy) is 3. The summed E-state index contributed by atoms with van der Waals surface area (Å²) in [5, 5.41) is 7.23. The Bertz CT molecular complexity index is 2620. The molecule has 61 heavy (non-hydrogen) atoms. The summed E-state index contributed by atoms with van der Waals surface area (Å²) >= 11 is 13.1. The van der Waals surface area contributed by atoms with Crippen LogP contribution in [0.5, 0.6) is 11.5 Å². The van der Waals surface area contributed by atoms with E-state index in [9.17, 15) is 4.79 Å². The van der Waals surface area contributed by atoms with Gasteiger partial charge in [0.25, 0.3) is 11.5 Å². The molecule has 0 bridgehead atoms. The minimum Gasteiger partial charge on any atom is -0.489 e. The highest BCUT2D eigenvalue weighted by molar-refractivity contribution is 6.49. The van der Waals surface area contributed by atoms with Gasteiger partial charge in [-0.05, 0) is 132 Å². The standard InChI is InChI=1S/C48H52Cl2N6O5/c1-9-44(61-42-22-16-30(6)24-32(42)8)59-28-51-34-18-23-43(60-29(4)5)40(27-34)54-47(57)45(52-38-20-19-35(25-31(38)7)55(10-2)11-3)46-53-39-15-13-12-14-36(39)48(58)56(46)41-21-17-33(49)26-37(41)50/h12-27,29,44,51H,9-11,28H2,1-8H3,(H,54,57). The Morgan fingerprint density at radius 2 is 1.61 bits per heavy atom. The molecule has 0 aliphatic heterocycles. The number of aromatic nitrogens is 2. The molecule has 1 amide bonds. The summed E-state index contributed by atoms with van der Waals surface area (Å²) in [5.74, 6) is 0.502. The van der Waals surface area contributed by atoms with Gasteiger partial charge in [0.05, 0.1) is 39.1 Å². The fraction of sp³-hybridized carbons (Fsp3) is 0.292. The highest BCUT2D eigenvalue weighted by atomic mass is 35.5. The third-order valence-corrected chi connectivity index (χ3v) is 10.5. The van der Waals surface area contributed by atoms with Crippen molar-refractivity contribution in [2.75, 3.05) is 35.4 Å². The predicted molar refractivity (Wildman–Crippen MR) is 249 cm³/mol. The molecular formula is C48H52Cl2N6O5. The lowest BCUT2D eigenvalue weighted by molar-refractivity contribution is -0.110. The number of carbonyl (C=O) groups excluding carboxylic acids is 1. The first-order valence-electron chi connectivity index (χ1n) is 20.4. The maximum Gasteiger partial charge on any atom is 0.278 e. The van der Waals surface area contributed by atoms with Crippen LogP contribution in [0.15, 0.2) is 107 Å². The number of anilines is 3. The number of carbonyl (C=O) groups is 1. The smallest absolute Gasteiger partial charge is 0.278 e. The molecule has 1 unspecified atom stereocenters. The van der Waals surface area contributed by atoms with Crippen LogP contribution in [0.2, 0.25) is 10.0 Å². The molecule has 5 aromatic carbocycles. The van der Waals surface area contributed by atoms with Crippen molar-refractivity contribution in [3.8, 4) is 17.2 Å². The maximum absolute atomic E-state index is 15.0. The number of fused-ring (bicyclic) bond motifs is 1. The molecule has 0 fully saturated rings. The molecule has 0 aliphatic carbocycles. The van der Waals surface area contributed by atoms with Crippen LogP contribution in [0.3, 0.4) is 0 Å². The monoisotopic (exact) mass is 862 g/mol. The molecule has 0 saturated carbocycles. The highest BCUT2D eigenvalue weighted by Gasteiger charge is 2.26. The van der Waals surface area contributed by atoms with E-state index in [1.54, 1.807) is 48.5 Å². The molecule has 2 N–H and O–H groups in total. The number of halogens is 2. The summed E-state index contributed by atoms with van der Waals surface area (Å²) in [6.45, 7) is 17.7. The Morgan fingerprint density at radius 1 is 0.852 bits per heavy atom. The van der Waals surface area contributed by atoms with Gasteiger partial charge in [-0.1, -0.05) is 60.0 Å². The van der Waals surface area contributed by atoms with Crippen LogP contribution in [-0.4, -0.2) is 53.4 Å². The number of rotatable bonds is 17. The number of nitrogens with one attached hydrogen (secondary N) is 2. The van der Waals surface area contributed by atoms with Crippen molar-refractivity contribution in [3.05, 3.63) is 140 Å². The second kappa shape index (κ2) is 20.1. The van der Waals surface area contributed by atoms with Crippen molar-refractivity contribution in [1.29, 1.82) is 0 Å². The Kier molecular flexibility index (Phi) is 14.7. The van der Waals surface area contributed by atoms with Gasteiger partial charge >= 0.3 is 0 Å². The average Bonchev–Trinajstić information content (AvgIpc) is 3.22. The van der Waals surface area contributed by atoms with E-state index in [2.05, 4.69) is 35.4 Å². The zero-order chi connectivity index (χ0) is 43.8. The summed E-state index contributed by atoms with van der Waals surface area (Å²) in [4.78, 5) is 41.6. The van der Waals surface area contributed by atoms with Crippen LogP contribution in [0, 0.1) is 20.8 Å². The summed E-state index contributed by atoms with van der Waals surface area (Å²) in [5.41, 5.74) is 5.59. The van der Waals surface area contributed by atoms with Crippen LogP contribution in [0.25, 0.3) is 16.6 Å². The van der Waals surface area contributed by atoms with Gasteiger partial charge in [-0.25, -0.2) is 9.98 Å². The molecule has 0 spiro atoms. The molecule has 1 atom stereocenters. The fourth-order valence-electron chi connectivity index (χ4n) is 6.85. The van der Waals surface area contributed by atoms with Gasteiger partial charge in [0.2, 0.25) is 6.29 Å². The number of nitrogens with zero attached hydrogens (tertiary/aromatic N) is 4. The Balaban J connectivity index is 1.43. The molecule has 1 aromatic heterocycles. The van der Waals surface area contributed by atoms with Crippen molar-refractivity contribution in [3.63, 3.8) is 0 Å². The minimum atomic E-state index is -0.650. The third kappa shape index (κ3) is 10.7. The van der Waals surface area contributed by atoms with Gasteiger partial charge in [0.15, 0.2) is 11.5 Å². The van der Waals surface area contributed by atoms with Gasteiger partial charge in [-0.15, -0.1) is 0 Å². The maximum atomic E-state index is 15.0. The number of benzene rings is 5. The van der Waals surface area contributed by atoms with E-state index in [4.69, 9.17) is 47.4 Å². The Labute approximate surface area is 367 Å². The lowest BCUT2D eigenvalue weighted by atomic mass is 10.1. The normalized spacial score (nSPS) is 12.1. The van der Waals surface area contributed by atoms with Crippen molar-refractivity contribution in [2.24, 2.45) is 4.99 Å². The van der Waals surface area contributed by atoms with Crippen molar-refractivity contribution in [1.82, 2.24) is 9.55 Å². The van der Waals surface area contributed by atoms with Crippen molar-refractivity contribution >= 4 is 68.5 Å². The largest absolute Gasteiger partial charge is 0.489 e. The average molecular weight is 864 g/mol. The van der Waals surface area contributed by atoms with Crippen molar-refractivity contribution in [2.45, 2.75) is 74.2 Å². The molecular weight excluding hydrogens is 811 g/mol. The highest BCUT2D eigenvalue weighted by Crippen LogP contribution is 2.32. The van der Waals surface area contributed by atoms with Gasteiger partial charge in [0, 0.05) is 35.9 Å². The van der Waals surface area contributed by atoms with Crippen LogP contribution in [0.1, 0.15) is 63.6 Å². The number of amides is 1. The Hall–Kier alpha value is -5.88. The van der Waals surface area contributed by atoms with E-state index in [0.717, 1.165) is 41.2 Å². The number of hydrogen-bond acceptors (Lipinski definition) is 9. The summed E-state index contributed by atoms with van der Waals surface area (Å²) in [6, 6.07) is 28.9. The second-order valence-electron chi connectivity index (χ2n) is 14.8. The molecule has 1 heterocycles. The Morgan fingerprint density at radius 3 is 2.30 bits per heavy atom. The van der Waals surface area contributed by atoms with Gasteiger partial charge in [0.1, 0.15) is 18.2 Å². The molecule has 11 nitrogen and oxygen atoms in total. The number of para-hydroxylation sites is 1. The first-order valence-corrected chi connectivity index (χ1v) is 21.2. The number of hydrogen-bond donors (Lipinski definition) is 2. The van der Waals surface area contributed by atoms with Crippen LogP contribution < -0.4 is 30.6 Å². The number of aliphatic imine (C=N–C) groups is 1. The van der Waals surface area contributed by atoms with E-state index in [1.165, 1.54) is 10.6 Å². The molecule has 0 aliphatic rings. The van der Waals surface area contributed by atoms with E-state index in [0.29, 0.717) is 45.2 Å². The van der Waals surface area contributed by atoms with Crippen LogP contribution in [0.4, 0.5) is 22.7 Å². The van der Waals surface area contributed by atoms with E-state index < -0.39 is 17.8 Å². The fourth-order valence-corrected chi connectivity index (χ4v) is 7.35. The van der Waals surface area contributed by atoms with E-state index >= 15 is 4.79 Å². The topological polar surface area (TPSA) is 119 Å². The molecule has 13 heteroatoms. The first-order chi connectivity index (χ1) is 29.3. The van der Waals surface area contributed by atoms with Gasteiger partial charge in [-0.2, -0.15) is 0 Å². The van der Waals surface area contributed by atoms with Gasteiger partial charge < -0.3 is 29.7 Å². The molecule has 6 aromatic rings. The SMILES string of the molecule is CCC(OCNc1ccc(OC(C)C)c(NC(=O)C(=Nc2ccc(N(CC)CC)cc2C)c2nc3ccccc3c(=O)n2-c2ccc(Cl)cc2Cl)c1)Oc1ccc(C)cc1C. The van der Waals surface area contributed by atoms with Gasteiger partial charge in [-0.3, -0.25) is 14.2 Å². The van der Waals surface area contributed by atoms with Crippen LogP contribution >= 0.6 is 23.2 Å². The quantitative estimate of drug-likeness (QED) is 0.0687. The first kappa shape index (κ1) is 44.7. The molecule has 318 valence electrons. The van der Waals surface area contributed by atoms with E-state index in [1.807, 2.05) is 77.9 Å². The summed E-state index contributed by atoms with van der Waals surface area (Å²) in [6.07, 6.45) is -0.0991. The van der Waals surface area contributed by atoms with E-state index in [-0.39, 0.29) is 35.1 Å². The second-order valence-corrected chi connectivity index (χ2v) is 15.7. The van der Waals surface area contributed by atoms with Crippen LogP contribution in [-0.2, 0) is 9.53 Å². The molecule has 6 rings (SSSR count). The predicted octanol–water partition coefficient (Wildman–Crippen LogP) is 11.2. The lowest BCUT2D eigenvalue weighted by Crippen LogP contribution is -2.33. The zero-order valence-corrected chi connectivity index (χ0v) is 37.3. The molecule has 0 saturated heterocycles. The van der Waals surface area contributed by atoms with Crippen molar-refractivity contribution < 1.29 is 19.0 Å². The zero-order valence-electron chi connectivity index (χ0n) is 35.8. The number of aryl methyl sites for hydroxylation is 3. The molecule has 0 radical (unpaired) electrons. The lowest BCUT2D eigenvalue weighted by Gasteiger charge is -2.22. The third-order valence-electron chi connectivity index (χ3n) is 9.95. The summed E-state index contributed by atoms with van der Waals surface area (Å²) < 4.78 is 19.8. The minimum absolute atomic E-state index is 0.0268.